The van der Waals surface area contributed by atoms with Crippen molar-refractivity contribution >= 4 is 0 Å². The van der Waals surface area contributed by atoms with Gasteiger partial charge in [0.25, 0.3) is 0 Å². The highest BCUT2D eigenvalue weighted by molar-refractivity contribution is 4.73. The lowest BCUT2D eigenvalue weighted by Gasteiger charge is -2.13. The molecular weight excluding hydrogens is 161 g/mol. The SMILES string of the molecule is COC([CH]CC(F)(F)F)OC. The molecule has 2 nitrogen and oxygen atoms in total. The monoisotopic (exact) mass is 171 g/mol. The number of alkyl halides is 3. The molecule has 0 unspecified atom stereocenters. The number of halogens is 3. The van der Waals surface area contributed by atoms with Crippen molar-refractivity contribution in [3.05, 3.63) is 6.42 Å². The molecule has 0 aromatic heterocycles. The molecule has 0 N–H and O–H groups in total. The molecule has 0 atom stereocenters. The Bertz CT molecular complexity index is 98.5. The van der Waals surface area contributed by atoms with Crippen LogP contribution >= 0.6 is 0 Å². The van der Waals surface area contributed by atoms with Crippen molar-refractivity contribution in [2.75, 3.05) is 14.2 Å². The van der Waals surface area contributed by atoms with Crippen LogP contribution in [0.15, 0.2) is 0 Å². The number of ether oxygens (including phenoxy) is 2. The molecule has 5 heteroatoms. The van der Waals surface area contributed by atoms with Crippen LogP contribution in [0.25, 0.3) is 0 Å². The summed E-state index contributed by atoms with van der Waals surface area (Å²) < 4.78 is 43.7. The molecule has 0 aromatic rings. The van der Waals surface area contributed by atoms with Crippen molar-refractivity contribution in [3.8, 4) is 0 Å². The molecule has 0 aliphatic rings. The van der Waals surface area contributed by atoms with Crippen LogP contribution in [0.4, 0.5) is 13.2 Å². The standard InChI is InChI=1S/C6H10F3O2/c1-10-5(11-2)3-4-6(7,8)9/h3,5H,4H2,1-2H3. The predicted molar refractivity (Wildman–Crippen MR) is 32.8 cm³/mol. The van der Waals surface area contributed by atoms with E-state index in [-0.39, 0.29) is 0 Å². The van der Waals surface area contributed by atoms with Crippen LogP contribution in [-0.2, 0) is 9.47 Å². The molecule has 0 aromatic carbocycles. The number of hydrogen-bond donors (Lipinski definition) is 0. The van der Waals surface area contributed by atoms with E-state index in [1.165, 1.54) is 14.2 Å². The van der Waals surface area contributed by atoms with Crippen LogP contribution in [0.5, 0.6) is 0 Å². The van der Waals surface area contributed by atoms with Crippen molar-refractivity contribution < 1.29 is 22.6 Å². The molecule has 0 saturated heterocycles. The van der Waals surface area contributed by atoms with Gasteiger partial charge in [0, 0.05) is 20.6 Å². The van der Waals surface area contributed by atoms with Gasteiger partial charge in [-0.25, -0.2) is 0 Å². The van der Waals surface area contributed by atoms with Gasteiger partial charge in [-0.15, -0.1) is 0 Å². The van der Waals surface area contributed by atoms with Gasteiger partial charge in [-0.05, 0) is 0 Å². The highest BCUT2D eigenvalue weighted by Crippen LogP contribution is 2.22. The maximum absolute atomic E-state index is 11.5. The van der Waals surface area contributed by atoms with Gasteiger partial charge in [0.2, 0.25) is 0 Å². The summed E-state index contributed by atoms with van der Waals surface area (Å²) in [5.74, 6) is 0. The summed E-state index contributed by atoms with van der Waals surface area (Å²) >= 11 is 0. The van der Waals surface area contributed by atoms with E-state index in [1.807, 2.05) is 0 Å². The number of rotatable bonds is 4. The molecule has 0 heterocycles. The number of methoxy groups -OCH3 is 2. The summed E-state index contributed by atoms with van der Waals surface area (Å²) in [6.45, 7) is 0. The fourth-order valence-corrected chi connectivity index (χ4v) is 0.519. The average molecular weight is 171 g/mol. The van der Waals surface area contributed by atoms with Gasteiger partial charge in [0.15, 0.2) is 6.29 Å². The lowest BCUT2D eigenvalue weighted by atomic mass is 10.3. The highest BCUT2D eigenvalue weighted by Gasteiger charge is 2.28. The van der Waals surface area contributed by atoms with Crippen LogP contribution < -0.4 is 0 Å². The first kappa shape index (κ1) is 10.7. The Kier molecular flexibility index (Phi) is 4.44. The molecule has 0 spiro atoms. The Hall–Kier alpha value is -0.290. The molecule has 0 rings (SSSR count). The largest absolute Gasteiger partial charge is 0.389 e. The fraction of sp³-hybridized carbons (Fsp3) is 0.833. The Balaban J connectivity index is 3.51. The lowest BCUT2D eigenvalue weighted by molar-refractivity contribution is -0.143. The van der Waals surface area contributed by atoms with E-state index < -0.39 is 18.9 Å². The molecule has 67 valence electrons. The van der Waals surface area contributed by atoms with E-state index in [0.717, 1.165) is 6.42 Å². The molecule has 0 aliphatic carbocycles. The van der Waals surface area contributed by atoms with Crippen LogP contribution in [-0.4, -0.2) is 26.7 Å². The van der Waals surface area contributed by atoms with E-state index in [0.29, 0.717) is 0 Å². The predicted octanol–water partition coefficient (Wildman–Crippen LogP) is 1.76. The van der Waals surface area contributed by atoms with Crippen LogP contribution in [0.2, 0.25) is 0 Å². The van der Waals surface area contributed by atoms with Gasteiger partial charge in [-0.1, -0.05) is 0 Å². The third-order valence-electron chi connectivity index (χ3n) is 1.01. The summed E-state index contributed by atoms with van der Waals surface area (Å²) in [7, 11) is 2.56. The van der Waals surface area contributed by atoms with Crippen molar-refractivity contribution in [2.45, 2.75) is 18.9 Å². The van der Waals surface area contributed by atoms with Crippen LogP contribution in [0, 0.1) is 6.42 Å². The van der Waals surface area contributed by atoms with Crippen molar-refractivity contribution in [1.82, 2.24) is 0 Å². The molecule has 0 bridgehead atoms. The summed E-state index contributed by atoms with van der Waals surface area (Å²) in [5.41, 5.74) is 0. The molecule has 0 saturated carbocycles. The topological polar surface area (TPSA) is 18.5 Å². The fourth-order valence-electron chi connectivity index (χ4n) is 0.519. The normalized spacial score (nSPS) is 12.5. The Labute approximate surface area is 63.3 Å². The molecule has 1 radical (unpaired) electrons. The summed E-state index contributed by atoms with van der Waals surface area (Å²) in [6.07, 6.45) is -5.15. The average Bonchev–Trinajstić information content (AvgIpc) is 1.88. The molecule has 0 aliphatic heterocycles. The summed E-state index contributed by atoms with van der Waals surface area (Å²) in [5, 5.41) is 0. The maximum Gasteiger partial charge on any atom is 0.389 e. The Morgan fingerprint density at radius 1 is 1.27 bits per heavy atom. The van der Waals surface area contributed by atoms with Crippen LogP contribution in [0.1, 0.15) is 6.42 Å². The minimum Gasteiger partial charge on any atom is -0.356 e. The van der Waals surface area contributed by atoms with Crippen molar-refractivity contribution in [1.29, 1.82) is 0 Å². The van der Waals surface area contributed by atoms with E-state index in [4.69, 9.17) is 0 Å². The summed E-state index contributed by atoms with van der Waals surface area (Å²) in [4.78, 5) is 0. The zero-order valence-corrected chi connectivity index (χ0v) is 6.31. The van der Waals surface area contributed by atoms with E-state index in [9.17, 15) is 13.2 Å². The first-order valence-corrected chi connectivity index (χ1v) is 2.95. The van der Waals surface area contributed by atoms with Crippen LogP contribution in [0.3, 0.4) is 0 Å². The Morgan fingerprint density at radius 3 is 2.00 bits per heavy atom. The minimum absolute atomic E-state index is 0.878. The quantitative estimate of drug-likeness (QED) is 0.600. The second kappa shape index (κ2) is 4.56. The molecule has 0 amide bonds. The highest BCUT2D eigenvalue weighted by atomic mass is 19.4. The van der Waals surface area contributed by atoms with Crippen molar-refractivity contribution in [2.24, 2.45) is 0 Å². The Morgan fingerprint density at radius 2 is 1.73 bits per heavy atom. The molecular formula is C6H10F3O2. The zero-order valence-electron chi connectivity index (χ0n) is 6.31. The van der Waals surface area contributed by atoms with Gasteiger partial charge in [-0.2, -0.15) is 13.2 Å². The smallest absolute Gasteiger partial charge is 0.356 e. The maximum atomic E-state index is 11.5. The first-order chi connectivity index (χ1) is 4.99. The second-order valence-electron chi connectivity index (χ2n) is 1.89. The van der Waals surface area contributed by atoms with E-state index in [2.05, 4.69) is 9.47 Å². The van der Waals surface area contributed by atoms with E-state index >= 15 is 0 Å². The minimum atomic E-state index is -4.19. The van der Waals surface area contributed by atoms with Gasteiger partial charge in [-0.3, -0.25) is 0 Å². The van der Waals surface area contributed by atoms with Gasteiger partial charge < -0.3 is 9.47 Å². The van der Waals surface area contributed by atoms with Crippen molar-refractivity contribution in [3.63, 3.8) is 0 Å². The third-order valence-corrected chi connectivity index (χ3v) is 1.01. The molecule has 0 fully saturated rings. The number of hydrogen-bond acceptors (Lipinski definition) is 2. The lowest BCUT2D eigenvalue weighted by Crippen LogP contribution is -2.18. The zero-order chi connectivity index (χ0) is 8.91. The summed E-state index contributed by atoms with van der Waals surface area (Å²) in [6, 6.07) is 0. The first-order valence-electron chi connectivity index (χ1n) is 2.95. The third kappa shape index (κ3) is 6.12. The molecule has 11 heavy (non-hydrogen) atoms. The van der Waals surface area contributed by atoms with Gasteiger partial charge >= 0.3 is 6.18 Å². The van der Waals surface area contributed by atoms with Gasteiger partial charge in [0.1, 0.15) is 0 Å². The van der Waals surface area contributed by atoms with Gasteiger partial charge in [0.05, 0.1) is 6.42 Å². The van der Waals surface area contributed by atoms with E-state index in [1.54, 1.807) is 0 Å². The second-order valence-corrected chi connectivity index (χ2v) is 1.89.